The van der Waals surface area contributed by atoms with Gasteiger partial charge in [-0.3, -0.25) is 0 Å². The van der Waals surface area contributed by atoms with Gasteiger partial charge in [-0.25, -0.2) is 0 Å². The Bertz CT molecular complexity index is 260. The molecule has 2 atom stereocenters. The van der Waals surface area contributed by atoms with Gasteiger partial charge in [-0.1, -0.05) is 38.8 Å². The molecule has 3 nitrogen and oxygen atoms in total. The van der Waals surface area contributed by atoms with Gasteiger partial charge in [0.15, 0.2) is 6.29 Å². The number of ether oxygens (including phenoxy) is 1. The summed E-state index contributed by atoms with van der Waals surface area (Å²) >= 11 is 0. The lowest BCUT2D eigenvalue weighted by Gasteiger charge is -2.22. The fourth-order valence-electron chi connectivity index (χ4n) is 1.48. The van der Waals surface area contributed by atoms with E-state index in [1.54, 1.807) is 6.92 Å². The first-order valence-electron chi connectivity index (χ1n) is 6.78. The molecule has 0 saturated heterocycles. The van der Waals surface area contributed by atoms with E-state index in [9.17, 15) is 9.59 Å². The van der Waals surface area contributed by atoms with E-state index >= 15 is 0 Å². The highest BCUT2D eigenvalue weighted by atomic mass is 16.5. The molecule has 0 radical (unpaired) electrons. The van der Waals surface area contributed by atoms with Gasteiger partial charge in [0.2, 0.25) is 0 Å². The first kappa shape index (κ1) is 17.0. The van der Waals surface area contributed by atoms with E-state index in [1.807, 2.05) is 19.1 Å². The minimum atomic E-state index is -0.728. The molecule has 0 heterocycles. The zero-order valence-corrected chi connectivity index (χ0v) is 11.9. The molecule has 0 aromatic rings. The van der Waals surface area contributed by atoms with Crippen molar-refractivity contribution in [1.82, 2.24) is 0 Å². The lowest BCUT2D eigenvalue weighted by molar-refractivity contribution is -0.129. The van der Waals surface area contributed by atoms with Crippen LogP contribution in [0.2, 0.25) is 0 Å². The van der Waals surface area contributed by atoms with E-state index in [-0.39, 0.29) is 5.92 Å². The van der Waals surface area contributed by atoms with E-state index in [0.717, 1.165) is 31.8 Å². The smallest absolute Gasteiger partial charge is 0.151 e. The second-order valence-corrected chi connectivity index (χ2v) is 5.01. The summed E-state index contributed by atoms with van der Waals surface area (Å²) in [6.07, 6.45) is 10.2. The van der Waals surface area contributed by atoms with E-state index < -0.39 is 5.60 Å². The van der Waals surface area contributed by atoms with Crippen LogP contribution in [0.1, 0.15) is 52.9 Å². The molecule has 0 fully saturated rings. The highest BCUT2D eigenvalue weighted by Gasteiger charge is 2.22. The van der Waals surface area contributed by atoms with Crippen molar-refractivity contribution in [3.63, 3.8) is 0 Å². The molecule has 0 aromatic heterocycles. The number of rotatable bonds is 11. The summed E-state index contributed by atoms with van der Waals surface area (Å²) in [7, 11) is 0. The maximum atomic E-state index is 11.1. The highest BCUT2D eigenvalue weighted by Crippen LogP contribution is 2.15. The summed E-state index contributed by atoms with van der Waals surface area (Å²) in [5.41, 5.74) is -0.728. The number of allylic oxidation sites excluding steroid dienone is 1. The maximum absolute atomic E-state index is 11.1. The molecule has 0 aliphatic rings. The summed E-state index contributed by atoms with van der Waals surface area (Å²) in [6.45, 7) is 6.44. The standard InChI is InChI=1S/C15H26O3/c1-4-5-8-11-18-15(3,13-17)10-7-6-9-14(2)12-16/h6-7,12-14H,4-5,8-11H2,1-3H3. The molecule has 0 spiro atoms. The molecule has 0 aromatic carbocycles. The topological polar surface area (TPSA) is 43.4 Å². The molecule has 0 saturated carbocycles. The number of unbranched alkanes of at least 4 members (excludes halogenated alkanes) is 2. The van der Waals surface area contributed by atoms with E-state index in [4.69, 9.17) is 4.74 Å². The van der Waals surface area contributed by atoms with Crippen LogP contribution in [0, 0.1) is 5.92 Å². The van der Waals surface area contributed by atoms with Gasteiger partial charge in [0.25, 0.3) is 0 Å². The van der Waals surface area contributed by atoms with Gasteiger partial charge in [-0.2, -0.15) is 0 Å². The minimum Gasteiger partial charge on any atom is -0.367 e. The number of carbonyl (C=O) groups is 2. The largest absolute Gasteiger partial charge is 0.367 e. The first-order chi connectivity index (χ1) is 8.58. The fourth-order valence-corrected chi connectivity index (χ4v) is 1.48. The van der Waals surface area contributed by atoms with Crippen LogP contribution in [0.4, 0.5) is 0 Å². The second kappa shape index (κ2) is 10.0. The Morgan fingerprint density at radius 3 is 2.50 bits per heavy atom. The Morgan fingerprint density at radius 2 is 1.94 bits per heavy atom. The van der Waals surface area contributed by atoms with Crippen LogP contribution < -0.4 is 0 Å². The molecule has 0 amide bonds. The Kier molecular flexibility index (Phi) is 9.47. The predicted octanol–water partition coefficient (Wildman–Crippen LogP) is 3.32. The van der Waals surface area contributed by atoms with E-state index in [1.165, 1.54) is 0 Å². The van der Waals surface area contributed by atoms with Crippen molar-refractivity contribution in [2.24, 2.45) is 5.92 Å². The second-order valence-electron chi connectivity index (χ2n) is 5.01. The van der Waals surface area contributed by atoms with E-state index in [0.29, 0.717) is 19.4 Å². The van der Waals surface area contributed by atoms with Gasteiger partial charge in [0.1, 0.15) is 11.9 Å². The van der Waals surface area contributed by atoms with Gasteiger partial charge in [0, 0.05) is 18.9 Å². The highest BCUT2D eigenvalue weighted by molar-refractivity contribution is 5.62. The van der Waals surface area contributed by atoms with Gasteiger partial charge < -0.3 is 14.3 Å². The van der Waals surface area contributed by atoms with Gasteiger partial charge in [-0.05, 0) is 19.8 Å². The van der Waals surface area contributed by atoms with Crippen LogP contribution in [0.3, 0.4) is 0 Å². The van der Waals surface area contributed by atoms with Crippen LogP contribution in [-0.4, -0.2) is 24.8 Å². The van der Waals surface area contributed by atoms with Crippen LogP contribution >= 0.6 is 0 Å². The third-order valence-corrected chi connectivity index (χ3v) is 2.86. The van der Waals surface area contributed by atoms with Crippen molar-refractivity contribution in [2.45, 2.75) is 58.5 Å². The first-order valence-corrected chi connectivity index (χ1v) is 6.78. The third kappa shape index (κ3) is 8.18. The van der Waals surface area contributed by atoms with Gasteiger partial charge in [0.05, 0.1) is 0 Å². The molecule has 0 aliphatic carbocycles. The predicted molar refractivity (Wildman–Crippen MR) is 73.5 cm³/mol. The summed E-state index contributed by atoms with van der Waals surface area (Å²) in [5, 5.41) is 0. The van der Waals surface area contributed by atoms with Crippen LogP contribution in [0.5, 0.6) is 0 Å². The average Bonchev–Trinajstić information content (AvgIpc) is 2.39. The summed E-state index contributed by atoms with van der Waals surface area (Å²) in [4.78, 5) is 21.5. The molecule has 104 valence electrons. The normalized spacial score (nSPS) is 16.4. The van der Waals surface area contributed by atoms with Gasteiger partial charge >= 0.3 is 0 Å². The van der Waals surface area contributed by atoms with E-state index in [2.05, 4.69) is 6.92 Å². The number of hydrogen-bond acceptors (Lipinski definition) is 3. The van der Waals surface area contributed by atoms with Crippen molar-refractivity contribution in [3.8, 4) is 0 Å². The summed E-state index contributed by atoms with van der Waals surface area (Å²) in [5.74, 6) is 0.0363. The molecular formula is C15H26O3. The molecule has 0 bridgehead atoms. The number of carbonyl (C=O) groups excluding carboxylic acids is 2. The monoisotopic (exact) mass is 254 g/mol. The van der Waals surface area contributed by atoms with Crippen molar-refractivity contribution in [2.75, 3.05) is 6.61 Å². The van der Waals surface area contributed by atoms with Gasteiger partial charge in [-0.15, -0.1) is 0 Å². The molecular weight excluding hydrogens is 228 g/mol. The van der Waals surface area contributed by atoms with Crippen LogP contribution in [0.25, 0.3) is 0 Å². The molecule has 0 aliphatic heterocycles. The Labute approximate surface area is 111 Å². The number of hydrogen-bond donors (Lipinski definition) is 0. The Morgan fingerprint density at radius 1 is 1.22 bits per heavy atom. The molecule has 18 heavy (non-hydrogen) atoms. The zero-order valence-electron chi connectivity index (χ0n) is 11.9. The number of aldehydes is 2. The minimum absolute atomic E-state index is 0.0363. The average molecular weight is 254 g/mol. The molecule has 2 unspecified atom stereocenters. The van der Waals surface area contributed by atoms with Crippen molar-refractivity contribution in [3.05, 3.63) is 12.2 Å². The van der Waals surface area contributed by atoms with Crippen LogP contribution in [0.15, 0.2) is 12.2 Å². The summed E-state index contributed by atoms with van der Waals surface area (Å²) < 4.78 is 5.63. The quantitative estimate of drug-likeness (QED) is 0.323. The summed E-state index contributed by atoms with van der Waals surface area (Å²) in [6, 6.07) is 0. The third-order valence-electron chi connectivity index (χ3n) is 2.86. The maximum Gasteiger partial charge on any atom is 0.151 e. The molecule has 0 rings (SSSR count). The van der Waals surface area contributed by atoms with Crippen molar-refractivity contribution >= 4 is 12.6 Å². The molecule has 0 N–H and O–H groups in total. The lowest BCUT2D eigenvalue weighted by Crippen LogP contribution is -2.30. The Balaban J connectivity index is 3.98. The fraction of sp³-hybridized carbons (Fsp3) is 0.733. The van der Waals surface area contributed by atoms with Crippen LogP contribution in [-0.2, 0) is 14.3 Å². The van der Waals surface area contributed by atoms with Crippen molar-refractivity contribution < 1.29 is 14.3 Å². The SMILES string of the molecule is CCCCCOC(C)(C=O)CC=CCC(C)C=O. The lowest BCUT2D eigenvalue weighted by atomic mass is 10.0. The molecule has 3 heteroatoms. The van der Waals surface area contributed by atoms with Crippen molar-refractivity contribution in [1.29, 1.82) is 0 Å². The zero-order chi connectivity index (χ0) is 13.9. The Hall–Kier alpha value is -0.960.